The maximum absolute atomic E-state index is 5.19. The van der Waals surface area contributed by atoms with Crippen LogP contribution in [0.25, 0.3) is 0 Å². The molecule has 4 rings (SSSR count). The summed E-state index contributed by atoms with van der Waals surface area (Å²) in [5.74, 6) is 2.27. The molecule has 29 heavy (non-hydrogen) atoms. The molecule has 0 spiro atoms. The van der Waals surface area contributed by atoms with Gasteiger partial charge in [0, 0.05) is 37.2 Å². The Morgan fingerprint density at radius 1 is 0.966 bits per heavy atom. The van der Waals surface area contributed by atoms with Crippen LogP contribution in [-0.4, -0.2) is 36.7 Å². The average molecular weight is 390 g/mol. The molecule has 2 N–H and O–H groups in total. The molecule has 1 aliphatic heterocycles. The van der Waals surface area contributed by atoms with E-state index in [0.717, 1.165) is 43.3 Å². The van der Waals surface area contributed by atoms with Crippen molar-refractivity contribution < 1.29 is 4.74 Å². The van der Waals surface area contributed by atoms with Gasteiger partial charge in [0.15, 0.2) is 0 Å². The van der Waals surface area contributed by atoms with Gasteiger partial charge in [0.1, 0.15) is 11.6 Å². The van der Waals surface area contributed by atoms with E-state index < -0.39 is 0 Å². The van der Waals surface area contributed by atoms with Gasteiger partial charge in [-0.05, 0) is 67.3 Å². The summed E-state index contributed by atoms with van der Waals surface area (Å²) in [5.41, 5.74) is 3.55. The van der Waals surface area contributed by atoms with Crippen LogP contribution >= 0.6 is 0 Å². The lowest BCUT2D eigenvalue weighted by atomic mass is 10.1. The van der Waals surface area contributed by atoms with E-state index in [1.807, 2.05) is 18.2 Å². The molecule has 2 heterocycles. The van der Waals surface area contributed by atoms with E-state index in [0.29, 0.717) is 5.95 Å². The minimum Gasteiger partial charge on any atom is -0.497 e. The predicted octanol–water partition coefficient (Wildman–Crippen LogP) is 4.48. The van der Waals surface area contributed by atoms with E-state index in [2.05, 4.69) is 61.9 Å². The first kappa shape index (κ1) is 19.1. The van der Waals surface area contributed by atoms with Crippen molar-refractivity contribution >= 4 is 23.1 Å². The lowest BCUT2D eigenvalue weighted by Crippen LogP contribution is -2.17. The minimum atomic E-state index is 0.622. The molecular weight excluding hydrogens is 362 g/mol. The highest BCUT2D eigenvalue weighted by atomic mass is 16.5. The van der Waals surface area contributed by atoms with Crippen LogP contribution in [0.5, 0.6) is 5.75 Å². The van der Waals surface area contributed by atoms with Gasteiger partial charge in [-0.15, -0.1) is 0 Å². The van der Waals surface area contributed by atoms with E-state index >= 15 is 0 Å². The second-order valence-electron chi connectivity index (χ2n) is 7.16. The summed E-state index contributed by atoms with van der Waals surface area (Å²) >= 11 is 0. The van der Waals surface area contributed by atoms with Crippen LogP contribution in [0.4, 0.5) is 23.1 Å². The Labute approximate surface area is 172 Å². The molecule has 0 atom stereocenters. The zero-order valence-corrected chi connectivity index (χ0v) is 16.8. The second-order valence-corrected chi connectivity index (χ2v) is 7.16. The number of methoxy groups -OCH3 is 1. The highest BCUT2D eigenvalue weighted by Crippen LogP contribution is 2.23. The van der Waals surface area contributed by atoms with E-state index in [1.54, 1.807) is 13.3 Å². The number of rotatable bonds is 8. The Morgan fingerprint density at radius 2 is 1.72 bits per heavy atom. The molecule has 1 aliphatic rings. The van der Waals surface area contributed by atoms with E-state index in [9.17, 15) is 0 Å². The molecule has 6 heteroatoms. The monoisotopic (exact) mass is 389 g/mol. The van der Waals surface area contributed by atoms with Crippen molar-refractivity contribution in [3.63, 3.8) is 0 Å². The van der Waals surface area contributed by atoms with Gasteiger partial charge in [-0.2, -0.15) is 4.98 Å². The Balaban J connectivity index is 1.30. The van der Waals surface area contributed by atoms with Crippen molar-refractivity contribution in [1.82, 2.24) is 9.97 Å². The summed E-state index contributed by atoms with van der Waals surface area (Å²) in [6, 6.07) is 18.5. The highest BCUT2D eigenvalue weighted by molar-refractivity contribution is 5.61. The number of ether oxygens (including phenoxy) is 1. The van der Waals surface area contributed by atoms with E-state index in [4.69, 9.17) is 4.74 Å². The number of aromatic nitrogens is 2. The van der Waals surface area contributed by atoms with Crippen LogP contribution in [0, 0.1) is 0 Å². The number of hydrogen-bond acceptors (Lipinski definition) is 6. The molecule has 0 unspecified atom stereocenters. The van der Waals surface area contributed by atoms with Gasteiger partial charge >= 0.3 is 0 Å². The van der Waals surface area contributed by atoms with Crippen molar-refractivity contribution in [2.45, 2.75) is 19.3 Å². The van der Waals surface area contributed by atoms with Gasteiger partial charge in [0.25, 0.3) is 0 Å². The largest absolute Gasteiger partial charge is 0.497 e. The van der Waals surface area contributed by atoms with Crippen LogP contribution in [0.2, 0.25) is 0 Å². The van der Waals surface area contributed by atoms with Crippen molar-refractivity contribution in [1.29, 1.82) is 0 Å². The van der Waals surface area contributed by atoms with Crippen LogP contribution in [0.1, 0.15) is 18.4 Å². The molecule has 0 saturated carbocycles. The summed E-state index contributed by atoms with van der Waals surface area (Å²) in [4.78, 5) is 11.3. The fraction of sp³-hybridized carbons (Fsp3) is 0.304. The maximum atomic E-state index is 5.19. The third-order valence-corrected chi connectivity index (χ3v) is 5.12. The van der Waals surface area contributed by atoms with Crippen LogP contribution < -0.4 is 20.3 Å². The van der Waals surface area contributed by atoms with E-state index in [1.165, 1.54) is 24.1 Å². The first-order chi connectivity index (χ1) is 14.3. The summed E-state index contributed by atoms with van der Waals surface area (Å²) in [6.07, 6.45) is 5.23. The van der Waals surface area contributed by atoms with Crippen molar-refractivity contribution in [3.05, 3.63) is 66.4 Å². The number of hydrogen-bond donors (Lipinski definition) is 2. The molecule has 1 saturated heterocycles. The standard InChI is InChI=1S/C23H27N5O/c1-29-21-10-4-18(5-11-21)12-14-24-23-25-15-13-22(27-23)26-19-6-8-20(9-7-19)28-16-2-3-17-28/h4-11,13,15H,2-3,12,14,16-17H2,1H3,(H2,24,25,26,27). The number of nitrogens with zero attached hydrogens (tertiary/aromatic N) is 3. The zero-order chi connectivity index (χ0) is 19.9. The van der Waals surface area contributed by atoms with Gasteiger partial charge < -0.3 is 20.3 Å². The van der Waals surface area contributed by atoms with Crippen molar-refractivity contribution in [2.24, 2.45) is 0 Å². The summed E-state index contributed by atoms with van der Waals surface area (Å²) in [5, 5.41) is 6.65. The van der Waals surface area contributed by atoms with Gasteiger partial charge in [0.2, 0.25) is 5.95 Å². The van der Waals surface area contributed by atoms with Gasteiger partial charge in [0.05, 0.1) is 7.11 Å². The van der Waals surface area contributed by atoms with Crippen LogP contribution in [0.15, 0.2) is 60.8 Å². The smallest absolute Gasteiger partial charge is 0.224 e. The van der Waals surface area contributed by atoms with Crippen LogP contribution in [0.3, 0.4) is 0 Å². The topological polar surface area (TPSA) is 62.3 Å². The fourth-order valence-corrected chi connectivity index (χ4v) is 3.50. The van der Waals surface area contributed by atoms with Crippen molar-refractivity contribution in [2.75, 3.05) is 42.3 Å². The quantitative estimate of drug-likeness (QED) is 0.592. The summed E-state index contributed by atoms with van der Waals surface area (Å²) in [7, 11) is 1.68. The molecule has 1 fully saturated rings. The van der Waals surface area contributed by atoms with Gasteiger partial charge in [-0.1, -0.05) is 12.1 Å². The second kappa shape index (κ2) is 9.28. The summed E-state index contributed by atoms with van der Waals surface area (Å²) in [6.45, 7) is 3.08. The number of nitrogens with one attached hydrogen (secondary N) is 2. The molecular formula is C23H27N5O. The Hall–Kier alpha value is -3.28. The van der Waals surface area contributed by atoms with Crippen molar-refractivity contribution in [3.8, 4) is 5.75 Å². The Kier molecular flexibility index (Phi) is 6.10. The summed E-state index contributed by atoms with van der Waals surface area (Å²) < 4.78 is 5.19. The average Bonchev–Trinajstić information content (AvgIpc) is 3.30. The maximum Gasteiger partial charge on any atom is 0.224 e. The molecule has 0 radical (unpaired) electrons. The molecule has 6 nitrogen and oxygen atoms in total. The molecule has 150 valence electrons. The highest BCUT2D eigenvalue weighted by Gasteiger charge is 2.11. The van der Waals surface area contributed by atoms with Gasteiger partial charge in [-0.3, -0.25) is 0 Å². The first-order valence-corrected chi connectivity index (χ1v) is 10.1. The molecule has 2 aromatic carbocycles. The SMILES string of the molecule is COc1ccc(CCNc2nccc(Nc3ccc(N4CCCC4)cc3)n2)cc1. The fourth-order valence-electron chi connectivity index (χ4n) is 3.50. The first-order valence-electron chi connectivity index (χ1n) is 10.1. The predicted molar refractivity (Wildman–Crippen MR) is 118 cm³/mol. The normalized spacial score (nSPS) is 13.3. The molecule has 0 amide bonds. The van der Waals surface area contributed by atoms with Crippen LogP contribution in [-0.2, 0) is 6.42 Å². The van der Waals surface area contributed by atoms with E-state index in [-0.39, 0.29) is 0 Å². The molecule has 3 aromatic rings. The molecule has 1 aromatic heterocycles. The Morgan fingerprint density at radius 3 is 2.45 bits per heavy atom. The zero-order valence-electron chi connectivity index (χ0n) is 16.8. The number of benzene rings is 2. The Bertz CT molecular complexity index is 905. The lowest BCUT2D eigenvalue weighted by molar-refractivity contribution is 0.414. The number of anilines is 4. The van der Waals surface area contributed by atoms with Gasteiger partial charge in [-0.25, -0.2) is 4.98 Å². The molecule has 0 aliphatic carbocycles. The third-order valence-electron chi connectivity index (χ3n) is 5.12. The molecule has 0 bridgehead atoms. The minimum absolute atomic E-state index is 0.622. The lowest BCUT2D eigenvalue weighted by Gasteiger charge is -2.18. The third kappa shape index (κ3) is 5.16.